The van der Waals surface area contributed by atoms with Crippen LogP contribution in [-0.2, 0) is 10.2 Å². The van der Waals surface area contributed by atoms with Crippen LogP contribution in [0.25, 0.3) is 11.3 Å². The van der Waals surface area contributed by atoms with Crippen LogP contribution in [0.2, 0.25) is 5.02 Å². The molecule has 0 amide bonds. The summed E-state index contributed by atoms with van der Waals surface area (Å²) >= 11 is 6.22. The molecule has 1 aliphatic carbocycles. The molecule has 1 heterocycles. The van der Waals surface area contributed by atoms with E-state index in [1.165, 1.54) is 0 Å². The summed E-state index contributed by atoms with van der Waals surface area (Å²) in [5.74, 6) is -0.258. The minimum Gasteiger partial charge on any atom is -0.473 e. The summed E-state index contributed by atoms with van der Waals surface area (Å²) in [6.45, 7) is 2.58. The molecule has 7 heteroatoms. The first-order valence-electron chi connectivity index (χ1n) is 11.3. The van der Waals surface area contributed by atoms with Crippen molar-refractivity contribution in [3.05, 3.63) is 76.8 Å². The van der Waals surface area contributed by atoms with Crippen molar-refractivity contribution in [2.24, 2.45) is 5.73 Å². The van der Waals surface area contributed by atoms with Crippen molar-refractivity contribution in [2.75, 3.05) is 13.2 Å². The predicted octanol–water partition coefficient (Wildman–Crippen LogP) is 5.19. The van der Waals surface area contributed by atoms with Crippen molar-refractivity contribution in [3.8, 4) is 17.1 Å². The lowest BCUT2D eigenvalue weighted by Crippen LogP contribution is -2.41. The number of ether oxygens (including phenoxy) is 2. The number of hydrogen-bond donors (Lipinski definition) is 1. The quantitative estimate of drug-likeness (QED) is 0.483. The Balaban J connectivity index is 1.53. The molecule has 33 heavy (non-hydrogen) atoms. The molecule has 0 atom stereocenters. The van der Waals surface area contributed by atoms with Crippen LogP contribution in [0.1, 0.15) is 48.5 Å². The SMILES string of the molecule is CCOC(=O)c1cc(-c2ccccc2)nnc1OC1CCC(CN)(c2cccc(Cl)c2)CC1. The minimum atomic E-state index is -0.467. The van der Waals surface area contributed by atoms with Crippen LogP contribution >= 0.6 is 11.6 Å². The fourth-order valence-electron chi connectivity index (χ4n) is 4.42. The third-order valence-electron chi connectivity index (χ3n) is 6.32. The molecule has 2 aromatic carbocycles. The summed E-state index contributed by atoms with van der Waals surface area (Å²) in [5.41, 5.74) is 9.01. The molecule has 3 aromatic rings. The van der Waals surface area contributed by atoms with Gasteiger partial charge in [-0.15, -0.1) is 10.2 Å². The molecular weight excluding hydrogens is 438 g/mol. The fourth-order valence-corrected chi connectivity index (χ4v) is 4.61. The molecule has 4 rings (SSSR count). The number of carbonyl (C=O) groups is 1. The maximum Gasteiger partial charge on any atom is 0.343 e. The second-order valence-electron chi connectivity index (χ2n) is 8.35. The van der Waals surface area contributed by atoms with Gasteiger partial charge < -0.3 is 15.2 Å². The summed E-state index contributed by atoms with van der Waals surface area (Å²) < 4.78 is 11.5. The third kappa shape index (κ3) is 5.18. The zero-order valence-corrected chi connectivity index (χ0v) is 19.4. The van der Waals surface area contributed by atoms with E-state index < -0.39 is 5.97 Å². The Kier molecular flexibility index (Phi) is 7.26. The van der Waals surface area contributed by atoms with E-state index in [1.807, 2.05) is 48.5 Å². The van der Waals surface area contributed by atoms with Crippen LogP contribution in [0.5, 0.6) is 5.88 Å². The molecule has 0 spiro atoms. The number of nitrogens with two attached hydrogens (primary N) is 1. The molecule has 0 radical (unpaired) electrons. The van der Waals surface area contributed by atoms with Gasteiger partial charge in [-0.25, -0.2) is 4.79 Å². The van der Waals surface area contributed by atoms with E-state index in [0.29, 0.717) is 17.3 Å². The Hall–Kier alpha value is -2.96. The van der Waals surface area contributed by atoms with Crippen LogP contribution in [0.4, 0.5) is 0 Å². The van der Waals surface area contributed by atoms with Crippen LogP contribution in [0, 0.1) is 0 Å². The number of esters is 1. The number of benzene rings is 2. The van der Waals surface area contributed by atoms with Gasteiger partial charge in [-0.2, -0.15) is 0 Å². The van der Waals surface area contributed by atoms with Gasteiger partial charge in [0.05, 0.1) is 12.3 Å². The van der Waals surface area contributed by atoms with E-state index in [4.69, 9.17) is 26.8 Å². The van der Waals surface area contributed by atoms with Gasteiger partial charge in [0, 0.05) is 22.5 Å². The first-order chi connectivity index (χ1) is 16.0. The summed E-state index contributed by atoms with van der Waals surface area (Å²) in [5, 5.41) is 9.28. The number of carbonyl (C=O) groups excluding carboxylic acids is 1. The number of hydrogen-bond acceptors (Lipinski definition) is 6. The van der Waals surface area contributed by atoms with Crippen molar-refractivity contribution in [1.29, 1.82) is 0 Å². The average Bonchev–Trinajstić information content (AvgIpc) is 2.85. The van der Waals surface area contributed by atoms with Gasteiger partial charge in [0.25, 0.3) is 0 Å². The molecule has 1 aliphatic rings. The molecular formula is C26H28ClN3O3. The van der Waals surface area contributed by atoms with Crippen molar-refractivity contribution < 1.29 is 14.3 Å². The Labute approximate surface area is 199 Å². The molecule has 0 aliphatic heterocycles. The first-order valence-corrected chi connectivity index (χ1v) is 11.7. The lowest BCUT2D eigenvalue weighted by Gasteiger charge is -2.39. The topological polar surface area (TPSA) is 87.3 Å². The van der Waals surface area contributed by atoms with E-state index in [-0.39, 0.29) is 29.6 Å². The van der Waals surface area contributed by atoms with Crippen LogP contribution < -0.4 is 10.5 Å². The van der Waals surface area contributed by atoms with Crippen molar-refractivity contribution in [1.82, 2.24) is 10.2 Å². The molecule has 2 N–H and O–H groups in total. The highest BCUT2D eigenvalue weighted by molar-refractivity contribution is 6.30. The second-order valence-corrected chi connectivity index (χ2v) is 8.78. The van der Waals surface area contributed by atoms with Crippen LogP contribution in [-0.4, -0.2) is 35.4 Å². The lowest BCUT2D eigenvalue weighted by atomic mass is 9.69. The average molecular weight is 466 g/mol. The Morgan fingerprint density at radius 1 is 1.09 bits per heavy atom. The second kappa shape index (κ2) is 10.3. The third-order valence-corrected chi connectivity index (χ3v) is 6.56. The molecule has 0 bridgehead atoms. The van der Waals surface area contributed by atoms with Crippen molar-refractivity contribution >= 4 is 17.6 Å². The van der Waals surface area contributed by atoms with Crippen LogP contribution in [0.15, 0.2) is 60.7 Å². The highest BCUT2D eigenvalue weighted by Gasteiger charge is 2.37. The van der Waals surface area contributed by atoms with Crippen molar-refractivity contribution in [2.45, 2.75) is 44.1 Å². The molecule has 1 fully saturated rings. The van der Waals surface area contributed by atoms with Gasteiger partial charge in [-0.1, -0.05) is 54.1 Å². The Morgan fingerprint density at radius 3 is 2.52 bits per heavy atom. The molecule has 0 saturated heterocycles. The van der Waals surface area contributed by atoms with E-state index in [9.17, 15) is 4.79 Å². The van der Waals surface area contributed by atoms with Gasteiger partial charge in [0.2, 0.25) is 5.88 Å². The molecule has 0 unspecified atom stereocenters. The van der Waals surface area contributed by atoms with E-state index in [0.717, 1.165) is 36.8 Å². The smallest absolute Gasteiger partial charge is 0.343 e. The Morgan fingerprint density at radius 2 is 1.85 bits per heavy atom. The normalized spacial score (nSPS) is 20.3. The van der Waals surface area contributed by atoms with E-state index in [2.05, 4.69) is 16.3 Å². The largest absolute Gasteiger partial charge is 0.473 e. The van der Waals surface area contributed by atoms with Gasteiger partial charge >= 0.3 is 5.97 Å². The van der Waals surface area contributed by atoms with Gasteiger partial charge in [-0.3, -0.25) is 0 Å². The van der Waals surface area contributed by atoms with E-state index >= 15 is 0 Å². The lowest BCUT2D eigenvalue weighted by molar-refractivity contribution is 0.0510. The zero-order valence-electron chi connectivity index (χ0n) is 18.7. The number of rotatable bonds is 7. The number of aromatic nitrogens is 2. The Bertz CT molecular complexity index is 1100. The summed E-state index contributed by atoms with van der Waals surface area (Å²) in [6.07, 6.45) is 3.20. The molecule has 6 nitrogen and oxygen atoms in total. The summed E-state index contributed by atoms with van der Waals surface area (Å²) in [6, 6.07) is 19.2. The monoisotopic (exact) mass is 465 g/mol. The first kappa shape index (κ1) is 23.2. The highest BCUT2D eigenvalue weighted by atomic mass is 35.5. The highest BCUT2D eigenvalue weighted by Crippen LogP contribution is 2.40. The maximum atomic E-state index is 12.7. The van der Waals surface area contributed by atoms with Crippen LogP contribution in [0.3, 0.4) is 0 Å². The standard InChI is InChI=1S/C26H28ClN3O3/c1-2-32-25(31)22-16-23(18-7-4-3-5-8-18)29-30-24(22)33-21-11-13-26(17-28,14-12-21)19-9-6-10-20(27)15-19/h3-10,15-16,21H,2,11-14,17,28H2,1H3. The van der Waals surface area contributed by atoms with Crippen molar-refractivity contribution in [3.63, 3.8) is 0 Å². The van der Waals surface area contributed by atoms with E-state index in [1.54, 1.807) is 13.0 Å². The summed E-state index contributed by atoms with van der Waals surface area (Å²) in [7, 11) is 0. The predicted molar refractivity (Wildman–Crippen MR) is 128 cm³/mol. The number of halogens is 1. The maximum absolute atomic E-state index is 12.7. The number of nitrogens with zero attached hydrogens (tertiary/aromatic N) is 2. The summed E-state index contributed by atoms with van der Waals surface area (Å²) in [4.78, 5) is 12.7. The molecule has 1 saturated carbocycles. The molecule has 1 aromatic heterocycles. The van der Waals surface area contributed by atoms with Gasteiger partial charge in [0.1, 0.15) is 11.7 Å². The van der Waals surface area contributed by atoms with Gasteiger partial charge in [0.15, 0.2) is 0 Å². The zero-order chi connectivity index (χ0) is 23.3. The minimum absolute atomic E-state index is 0.0890. The molecule has 172 valence electrons. The fraction of sp³-hybridized carbons (Fsp3) is 0.346. The van der Waals surface area contributed by atoms with Gasteiger partial charge in [-0.05, 0) is 56.4 Å².